The molecule has 3 rings (SSSR count). The lowest BCUT2D eigenvalue weighted by Gasteiger charge is -2.09. The molecule has 1 aromatic carbocycles. The van der Waals surface area contributed by atoms with Crippen molar-refractivity contribution in [1.29, 1.82) is 0 Å². The maximum absolute atomic E-state index is 4.44. The van der Waals surface area contributed by atoms with E-state index in [0.29, 0.717) is 0 Å². The van der Waals surface area contributed by atoms with Gasteiger partial charge < -0.3 is 4.72 Å². The van der Waals surface area contributed by atoms with E-state index >= 15 is 0 Å². The molecule has 3 aromatic rings. The molecule has 0 bridgehead atoms. The van der Waals surface area contributed by atoms with Crippen molar-refractivity contribution in [3.05, 3.63) is 60.0 Å². The third-order valence-electron chi connectivity index (χ3n) is 2.97. The Morgan fingerprint density at radius 2 is 1.75 bits per heavy atom. The first kappa shape index (κ1) is 12.9. The minimum atomic E-state index is 0.991. The molecule has 0 fully saturated rings. The van der Waals surface area contributed by atoms with E-state index in [2.05, 4.69) is 39.0 Å². The van der Waals surface area contributed by atoms with Crippen LogP contribution < -0.4 is 4.72 Å². The molecule has 0 aliphatic heterocycles. The highest BCUT2D eigenvalue weighted by Gasteiger charge is 2.03. The molecule has 0 aliphatic rings. The number of nitrogens with zero attached hydrogens (tertiary/aromatic N) is 2. The Labute approximate surface area is 122 Å². The van der Waals surface area contributed by atoms with E-state index in [9.17, 15) is 0 Å². The summed E-state index contributed by atoms with van der Waals surface area (Å²) < 4.78 is 3.38. The number of para-hydroxylation sites is 1. The monoisotopic (exact) mass is 281 g/mol. The Morgan fingerprint density at radius 3 is 2.55 bits per heavy atom. The summed E-state index contributed by atoms with van der Waals surface area (Å²) in [6.45, 7) is 4.02. The van der Waals surface area contributed by atoms with E-state index in [1.807, 2.05) is 38.2 Å². The number of aromatic nitrogens is 2. The first-order valence-corrected chi connectivity index (χ1v) is 7.26. The first-order valence-electron chi connectivity index (χ1n) is 6.44. The molecule has 0 spiro atoms. The van der Waals surface area contributed by atoms with Crippen molar-refractivity contribution in [2.45, 2.75) is 18.7 Å². The summed E-state index contributed by atoms with van der Waals surface area (Å²) >= 11 is 1.59. The van der Waals surface area contributed by atoms with Crippen molar-refractivity contribution < 1.29 is 0 Å². The number of benzene rings is 1. The van der Waals surface area contributed by atoms with Gasteiger partial charge in [-0.15, -0.1) is 0 Å². The van der Waals surface area contributed by atoms with Crippen LogP contribution in [0.25, 0.3) is 10.9 Å². The second-order valence-corrected chi connectivity index (χ2v) is 5.55. The number of aryl methyl sites for hydroxylation is 2. The van der Waals surface area contributed by atoms with Crippen molar-refractivity contribution in [2.75, 3.05) is 4.72 Å². The minimum absolute atomic E-state index is 0.991. The van der Waals surface area contributed by atoms with E-state index in [-0.39, 0.29) is 0 Å². The maximum atomic E-state index is 4.44. The summed E-state index contributed by atoms with van der Waals surface area (Å²) in [5.74, 6) is 0. The lowest BCUT2D eigenvalue weighted by atomic mass is 10.2. The van der Waals surface area contributed by atoms with Crippen molar-refractivity contribution in [2.24, 2.45) is 0 Å². The van der Waals surface area contributed by atoms with Gasteiger partial charge in [-0.05, 0) is 50.1 Å². The van der Waals surface area contributed by atoms with Gasteiger partial charge in [0.15, 0.2) is 0 Å². The number of rotatable bonds is 3. The summed E-state index contributed by atoms with van der Waals surface area (Å²) in [7, 11) is 0. The van der Waals surface area contributed by atoms with Crippen molar-refractivity contribution >= 4 is 28.5 Å². The Bertz CT molecular complexity index is 730. The molecule has 0 saturated carbocycles. The third kappa shape index (κ3) is 2.75. The van der Waals surface area contributed by atoms with Crippen LogP contribution in [0.15, 0.2) is 53.6 Å². The summed E-state index contributed by atoms with van der Waals surface area (Å²) in [5, 5.41) is 1.14. The predicted molar refractivity (Wildman–Crippen MR) is 84.9 cm³/mol. The predicted octanol–water partition coefficient (Wildman–Crippen LogP) is 4.37. The van der Waals surface area contributed by atoms with E-state index < -0.39 is 0 Å². The molecule has 0 atom stereocenters. The molecular weight excluding hydrogens is 266 g/mol. The van der Waals surface area contributed by atoms with Gasteiger partial charge in [0, 0.05) is 27.9 Å². The summed E-state index contributed by atoms with van der Waals surface area (Å²) in [6, 6.07) is 14.3. The van der Waals surface area contributed by atoms with Crippen LogP contribution in [0.2, 0.25) is 0 Å². The Balaban J connectivity index is 1.87. The number of anilines is 1. The Morgan fingerprint density at radius 1 is 1.00 bits per heavy atom. The molecule has 0 unspecified atom stereocenters. The minimum Gasteiger partial charge on any atom is -0.324 e. The standard InChI is InChI=1S/C16H15N3S/c1-11-9-14(10-12(2)18-11)20-19-15-7-3-5-13-6-4-8-17-16(13)15/h3-10,19H,1-2H3. The SMILES string of the molecule is Cc1cc(SNc2cccc3cccnc23)cc(C)n1. The molecule has 2 heterocycles. The van der Waals surface area contributed by atoms with Gasteiger partial charge in [0.05, 0.1) is 11.2 Å². The zero-order chi connectivity index (χ0) is 13.9. The molecular formula is C16H15N3S. The van der Waals surface area contributed by atoms with Gasteiger partial charge in [-0.25, -0.2) is 0 Å². The van der Waals surface area contributed by atoms with Gasteiger partial charge in [0.1, 0.15) is 0 Å². The second kappa shape index (κ2) is 5.51. The van der Waals surface area contributed by atoms with Crippen LogP contribution in [0, 0.1) is 13.8 Å². The fourth-order valence-electron chi connectivity index (χ4n) is 2.16. The van der Waals surface area contributed by atoms with E-state index in [1.165, 1.54) is 0 Å². The third-order valence-corrected chi connectivity index (χ3v) is 3.76. The van der Waals surface area contributed by atoms with Crippen LogP contribution >= 0.6 is 11.9 Å². The molecule has 100 valence electrons. The van der Waals surface area contributed by atoms with Gasteiger partial charge in [-0.3, -0.25) is 9.97 Å². The van der Waals surface area contributed by atoms with Crippen molar-refractivity contribution in [3.8, 4) is 0 Å². The van der Waals surface area contributed by atoms with E-state index in [1.54, 1.807) is 11.9 Å². The smallest absolute Gasteiger partial charge is 0.0941 e. The van der Waals surface area contributed by atoms with Gasteiger partial charge >= 0.3 is 0 Å². The van der Waals surface area contributed by atoms with E-state index in [4.69, 9.17) is 0 Å². The summed E-state index contributed by atoms with van der Waals surface area (Å²) in [6.07, 6.45) is 1.82. The number of fused-ring (bicyclic) bond motifs is 1. The van der Waals surface area contributed by atoms with Crippen LogP contribution in [0.5, 0.6) is 0 Å². The molecule has 0 saturated heterocycles. The largest absolute Gasteiger partial charge is 0.324 e. The van der Waals surface area contributed by atoms with Crippen LogP contribution in [0.1, 0.15) is 11.4 Å². The highest BCUT2D eigenvalue weighted by molar-refractivity contribution is 8.00. The Kier molecular flexibility index (Phi) is 3.56. The molecule has 0 aliphatic carbocycles. The fraction of sp³-hybridized carbons (Fsp3) is 0.125. The summed E-state index contributed by atoms with van der Waals surface area (Å²) in [5.41, 5.74) is 4.08. The number of hydrogen-bond acceptors (Lipinski definition) is 4. The van der Waals surface area contributed by atoms with Crippen LogP contribution in [0.4, 0.5) is 5.69 Å². The number of hydrogen-bond donors (Lipinski definition) is 1. The summed E-state index contributed by atoms with van der Waals surface area (Å²) in [4.78, 5) is 9.98. The van der Waals surface area contributed by atoms with Gasteiger partial charge in [-0.1, -0.05) is 18.2 Å². The van der Waals surface area contributed by atoms with E-state index in [0.717, 1.165) is 32.9 Å². The lowest BCUT2D eigenvalue weighted by Crippen LogP contribution is -1.92. The number of nitrogens with one attached hydrogen (secondary N) is 1. The van der Waals surface area contributed by atoms with Gasteiger partial charge in [-0.2, -0.15) is 0 Å². The lowest BCUT2D eigenvalue weighted by molar-refractivity contribution is 1.09. The molecule has 1 N–H and O–H groups in total. The average molecular weight is 281 g/mol. The fourth-order valence-corrected chi connectivity index (χ4v) is 3.01. The first-order chi connectivity index (χ1) is 9.72. The molecule has 3 nitrogen and oxygen atoms in total. The van der Waals surface area contributed by atoms with Gasteiger partial charge in [0.2, 0.25) is 0 Å². The molecule has 4 heteroatoms. The molecule has 2 aromatic heterocycles. The normalized spacial score (nSPS) is 10.7. The topological polar surface area (TPSA) is 37.8 Å². The number of pyridine rings is 2. The highest BCUT2D eigenvalue weighted by atomic mass is 32.2. The molecule has 0 radical (unpaired) electrons. The quantitative estimate of drug-likeness (QED) is 0.724. The van der Waals surface area contributed by atoms with Crippen molar-refractivity contribution in [1.82, 2.24) is 9.97 Å². The molecule has 20 heavy (non-hydrogen) atoms. The average Bonchev–Trinajstić information content (AvgIpc) is 2.44. The van der Waals surface area contributed by atoms with Crippen molar-refractivity contribution in [3.63, 3.8) is 0 Å². The van der Waals surface area contributed by atoms with Crippen LogP contribution in [-0.4, -0.2) is 9.97 Å². The maximum Gasteiger partial charge on any atom is 0.0941 e. The highest BCUT2D eigenvalue weighted by Crippen LogP contribution is 2.27. The Hall–Kier alpha value is -2.07. The van der Waals surface area contributed by atoms with Gasteiger partial charge in [0.25, 0.3) is 0 Å². The zero-order valence-electron chi connectivity index (χ0n) is 11.4. The molecule has 0 amide bonds. The van der Waals surface area contributed by atoms with Crippen LogP contribution in [0.3, 0.4) is 0 Å². The van der Waals surface area contributed by atoms with Crippen LogP contribution in [-0.2, 0) is 0 Å². The second-order valence-electron chi connectivity index (χ2n) is 4.67. The zero-order valence-corrected chi connectivity index (χ0v) is 12.2.